The summed E-state index contributed by atoms with van der Waals surface area (Å²) in [5.74, 6) is -7.03. The number of allylic oxidation sites excluding steroid dienone is 4. The third-order valence-electron chi connectivity index (χ3n) is 6.76. The molecule has 2 aliphatic heterocycles. The number of rotatable bonds is 6. The van der Waals surface area contributed by atoms with E-state index < -0.39 is 47.0 Å². The molecule has 31 heavy (non-hydrogen) atoms. The van der Waals surface area contributed by atoms with Gasteiger partial charge in [-0.1, -0.05) is 44.9 Å². The summed E-state index contributed by atoms with van der Waals surface area (Å²) in [5, 5.41) is 31.3. The van der Waals surface area contributed by atoms with Crippen molar-refractivity contribution in [3.05, 3.63) is 46.4 Å². The van der Waals surface area contributed by atoms with Gasteiger partial charge in [-0.05, 0) is 31.9 Å². The molecule has 8 heteroatoms. The van der Waals surface area contributed by atoms with Crippen LogP contribution in [0, 0.1) is 23.7 Å². The maximum atomic E-state index is 13.3. The van der Waals surface area contributed by atoms with Gasteiger partial charge in [0, 0.05) is 23.0 Å². The van der Waals surface area contributed by atoms with Crippen LogP contribution in [0.15, 0.2) is 46.4 Å². The van der Waals surface area contributed by atoms with E-state index in [1.165, 1.54) is 27.0 Å². The van der Waals surface area contributed by atoms with Crippen LogP contribution in [0.1, 0.15) is 41.0 Å². The summed E-state index contributed by atoms with van der Waals surface area (Å²) < 4.78 is 11.5. The molecule has 7 atom stereocenters. The molecule has 0 unspecified atom stereocenters. The molecule has 170 valence electrons. The van der Waals surface area contributed by atoms with Crippen LogP contribution in [0.25, 0.3) is 0 Å². The van der Waals surface area contributed by atoms with Gasteiger partial charge in [0.05, 0.1) is 17.4 Å². The average molecular weight is 453 g/mol. The lowest BCUT2D eigenvalue weighted by Crippen LogP contribution is -2.50. The number of carboxylic acid groups (broad SMARTS) is 1. The number of hydrogen-bond acceptors (Lipinski definition) is 6. The Morgan fingerprint density at radius 1 is 1.35 bits per heavy atom. The molecular weight excluding hydrogens is 424 g/mol. The highest BCUT2D eigenvalue weighted by molar-refractivity contribution is 6.45. The van der Waals surface area contributed by atoms with E-state index in [0.29, 0.717) is 22.8 Å². The van der Waals surface area contributed by atoms with Gasteiger partial charge in [-0.15, -0.1) is 0 Å². The summed E-state index contributed by atoms with van der Waals surface area (Å²) in [4.78, 5) is 25.6. The molecule has 0 aromatic heterocycles. The number of aliphatic carboxylic acids is 1. The first kappa shape index (κ1) is 23.7. The molecule has 0 amide bonds. The topological polar surface area (TPSA) is 113 Å². The van der Waals surface area contributed by atoms with Crippen LogP contribution in [0.4, 0.5) is 0 Å². The molecule has 0 bridgehead atoms. The molecule has 3 aliphatic rings. The number of ketones is 1. The van der Waals surface area contributed by atoms with Gasteiger partial charge >= 0.3 is 5.97 Å². The first-order valence-electron chi connectivity index (χ1n) is 10.4. The Morgan fingerprint density at radius 3 is 2.55 bits per heavy atom. The summed E-state index contributed by atoms with van der Waals surface area (Å²) in [6.45, 7) is 8.44. The molecule has 0 radical (unpaired) electrons. The molecule has 1 fully saturated rings. The number of carbonyl (C=O) groups is 2. The lowest BCUT2D eigenvalue weighted by molar-refractivity contribution is -0.268. The summed E-state index contributed by atoms with van der Waals surface area (Å²) in [5.41, 5.74) is -1.00. The molecule has 1 saturated heterocycles. The summed E-state index contributed by atoms with van der Waals surface area (Å²) in [6.07, 6.45) is 6.59. The number of ether oxygens (including phenoxy) is 2. The maximum absolute atomic E-state index is 13.3. The standard InChI is InChI=1S/C23H29ClO7/c1-6-11(2)7-8-14-9-15-16(10-30-14)17-18(21(27)28)23(29,12(3)13(4)25)31-22(17,5)20(26)19(15)24/h7-13,17-18,25,29H,6H2,1-5H3,(H,27,28)/b8-7+/t11-,12-,13+,17+,18+,22-,23-/m0/s1. The number of carbonyl (C=O) groups excluding carboxylic acids is 1. The minimum Gasteiger partial charge on any atom is -0.481 e. The highest BCUT2D eigenvalue weighted by Crippen LogP contribution is 2.58. The minimum absolute atomic E-state index is 0.110. The Balaban J connectivity index is 2.12. The van der Waals surface area contributed by atoms with Gasteiger partial charge in [0.1, 0.15) is 17.3 Å². The van der Waals surface area contributed by atoms with Crippen LogP contribution in [-0.2, 0) is 19.1 Å². The molecular formula is C23H29ClO7. The second kappa shape index (κ2) is 8.20. The Bertz CT molecular complexity index is 915. The predicted molar refractivity (Wildman–Crippen MR) is 114 cm³/mol. The Morgan fingerprint density at radius 2 is 2.00 bits per heavy atom. The van der Waals surface area contributed by atoms with Gasteiger partial charge < -0.3 is 24.8 Å². The Hall–Kier alpha value is -1.93. The van der Waals surface area contributed by atoms with Crippen molar-refractivity contribution in [1.29, 1.82) is 0 Å². The zero-order valence-electron chi connectivity index (χ0n) is 18.3. The van der Waals surface area contributed by atoms with Crippen LogP contribution in [0.5, 0.6) is 0 Å². The first-order chi connectivity index (χ1) is 14.4. The highest BCUT2D eigenvalue weighted by atomic mass is 35.5. The van der Waals surface area contributed by atoms with Crippen molar-refractivity contribution in [2.75, 3.05) is 0 Å². The fourth-order valence-electron chi connectivity index (χ4n) is 4.44. The van der Waals surface area contributed by atoms with Gasteiger partial charge in [-0.2, -0.15) is 0 Å². The van der Waals surface area contributed by atoms with E-state index >= 15 is 0 Å². The van der Waals surface area contributed by atoms with Gasteiger partial charge in [0.25, 0.3) is 0 Å². The van der Waals surface area contributed by atoms with Gasteiger partial charge in [-0.3, -0.25) is 9.59 Å². The zero-order chi connectivity index (χ0) is 23.3. The van der Waals surface area contributed by atoms with Gasteiger partial charge in [0.2, 0.25) is 5.78 Å². The lowest BCUT2D eigenvalue weighted by atomic mass is 9.66. The van der Waals surface area contributed by atoms with E-state index in [0.717, 1.165) is 6.42 Å². The van der Waals surface area contributed by atoms with E-state index in [1.807, 2.05) is 6.08 Å². The van der Waals surface area contributed by atoms with Crippen LogP contribution >= 0.6 is 11.6 Å². The maximum Gasteiger partial charge on any atom is 0.312 e. The van der Waals surface area contributed by atoms with E-state index in [2.05, 4.69) is 13.8 Å². The van der Waals surface area contributed by atoms with Crippen LogP contribution in [0.3, 0.4) is 0 Å². The van der Waals surface area contributed by atoms with Crippen molar-refractivity contribution in [2.45, 2.75) is 58.5 Å². The molecule has 3 N–H and O–H groups in total. The summed E-state index contributed by atoms with van der Waals surface area (Å²) >= 11 is 6.42. The van der Waals surface area contributed by atoms with E-state index in [4.69, 9.17) is 21.1 Å². The number of carboxylic acids is 1. The van der Waals surface area contributed by atoms with E-state index in [1.54, 1.807) is 12.2 Å². The molecule has 3 rings (SSSR count). The number of hydrogen-bond donors (Lipinski definition) is 3. The number of aliphatic hydroxyl groups excluding tert-OH is 1. The monoisotopic (exact) mass is 452 g/mol. The number of halogens is 1. The zero-order valence-corrected chi connectivity index (χ0v) is 19.0. The number of aliphatic hydroxyl groups is 2. The normalized spacial score (nSPS) is 35.7. The third kappa shape index (κ3) is 3.67. The molecule has 2 heterocycles. The fraction of sp³-hybridized carbons (Fsp3) is 0.565. The molecule has 0 aromatic rings. The quantitative estimate of drug-likeness (QED) is 0.566. The molecule has 0 aromatic carbocycles. The smallest absolute Gasteiger partial charge is 0.312 e. The van der Waals surface area contributed by atoms with Crippen LogP contribution in [0.2, 0.25) is 0 Å². The predicted octanol–water partition coefficient (Wildman–Crippen LogP) is 3.27. The molecule has 0 saturated carbocycles. The van der Waals surface area contributed by atoms with Crippen molar-refractivity contribution >= 4 is 23.4 Å². The number of fused-ring (bicyclic) bond motifs is 3. The average Bonchev–Trinajstić information content (AvgIpc) is 2.98. The lowest BCUT2D eigenvalue weighted by Gasteiger charge is -2.37. The molecule has 0 spiro atoms. The minimum atomic E-state index is -2.29. The summed E-state index contributed by atoms with van der Waals surface area (Å²) in [7, 11) is 0. The van der Waals surface area contributed by atoms with E-state index in [-0.39, 0.29) is 5.03 Å². The summed E-state index contributed by atoms with van der Waals surface area (Å²) in [6, 6.07) is 0. The number of Topliss-reactive ketones (excluding diaryl/α,β-unsaturated/α-hetero) is 1. The Kier molecular flexibility index (Phi) is 6.28. The van der Waals surface area contributed by atoms with Gasteiger partial charge in [-0.25, -0.2) is 0 Å². The molecule has 1 aliphatic carbocycles. The SMILES string of the molecule is CC[C@H](C)/C=C/C1=CC2=C(Cl)C(=O)[C@@]3(C)O[C@@](O)([C@@H](C)[C@@H](C)O)[C@@H](C(=O)O)[C@H]3C2=CO1. The Labute approximate surface area is 186 Å². The second-order valence-electron chi connectivity index (χ2n) is 8.82. The second-order valence-corrected chi connectivity index (χ2v) is 9.20. The van der Waals surface area contributed by atoms with Crippen LogP contribution in [-0.4, -0.2) is 44.6 Å². The van der Waals surface area contributed by atoms with Crippen molar-refractivity contribution in [3.8, 4) is 0 Å². The molecule has 7 nitrogen and oxygen atoms in total. The highest BCUT2D eigenvalue weighted by Gasteiger charge is 2.70. The van der Waals surface area contributed by atoms with Crippen molar-refractivity contribution in [2.24, 2.45) is 23.7 Å². The first-order valence-corrected chi connectivity index (χ1v) is 10.8. The van der Waals surface area contributed by atoms with Gasteiger partial charge in [0.15, 0.2) is 5.79 Å². The van der Waals surface area contributed by atoms with Crippen molar-refractivity contribution in [3.63, 3.8) is 0 Å². The van der Waals surface area contributed by atoms with Crippen molar-refractivity contribution < 1.29 is 34.4 Å². The van der Waals surface area contributed by atoms with Crippen LogP contribution < -0.4 is 0 Å². The third-order valence-corrected chi connectivity index (χ3v) is 7.14. The van der Waals surface area contributed by atoms with E-state index in [9.17, 15) is 24.9 Å². The largest absolute Gasteiger partial charge is 0.481 e. The van der Waals surface area contributed by atoms with Crippen molar-refractivity contribution in [1.82, 2.24) is 0 Å². The fourth-order valence-corrected chi connectivity index (χ4v) is 4.79.